The average molecular weight is 272 g/mol. The van der Waals surface area contributed by atoms with Crippen molar-refractivity contribution in [1.29, 1.82) is 0 Å². The number of methoxy groups -OCH3 is 1. The van der Waals surface area contributed by atoms with Crippen molar-refractivity contribution in [3.8, 4) is 11.1 Å². The van der Waals surface area contributed by atoms with E-state index in [2.05, 4.69) is 0 Å². The van der Waals surface area contributed by atoms with Crippen LogP contribution in [-0.4, -0.2) is 18.6 Å². The van der Waals surface area contributed by atoms with Gasteiger partial charge in [-0.25, -0.2) is 0 Å². The Morgan fingerprint density at radius 1 is 1.25 bits per heavy atom. The maximum Gasteiger partial charge on any atom is 0.270 e. The van der Waals surface area contributed by atoms with Gasteiger partial charge in [0.1, 0.15) is 0 Å². The highest BCUT2D eigenvalue weighted by Crippen LogP contribution is 2.30. The van der Waals surface area contributed by atoms with Crippen LogP contribution in [0.5, 0.6) is 0 Å². The van der Waals surface area contributed by atoms with Gasteiger partial charge < -0.3 is 10.5 Å². The number of anilines is 1. The number of nitro benzene ring substituents is 1. The van der Waals surface area contributed by atoms with Gasteiger partial charge in [-0.1, -0.05) is 30.3 Å². The Kier molecular flexibility index (Phi) is 4.32. The largest absolute Gasteiger partial charge is 0.398 e. The predicted molar refractivity (Wildman–Crippen MR) is 78.5 cm³/mol. The Balaban J connectivity index is 2.42. The third-order valence-corrected chi connectivity index (χ3v) is 3.14. The van der Waals surface area contributed by atoms with E-state index in [4.69, 9.17) is 10.5 Å². The number of nitrogens with zero attached hydrogens (tertiary/aromatic N) is 1. The summed E-state index contributed by atoms with van der Waals surface area (Å²) in [6, 6.07) is 12.2. The molecule has 2 aromatic carbocycles. The van der Waals surface area contributed by atoms with Crippen molar-refractivity contribution < 1.29 is 9.66 Å². The van der Waals surface area contributed by atoms with Crippen molar-refractivity contribution in [1.82, 2.24) is 0 Å². The van der Waals surface area contributed by atoms with Crippen LogP contribution in [0.2, 0.25) is 0 Å². The number of non-ortho nitro benzene ring substituents is 1. The maximum atomic E-state index is 10.8. The highest BCUT2D eigenvalue weighted by Gasteiger charge is 2.11. The van der Waals surface area contributed by atoms with Crippen LogP contribution in [0.15, 0.2) is 42.5 Å². The molecule has 0 unspecified atom stereocenters. The molecule has 0 spiro atoms. The molecule has 0 saturated heterocycles. The fourth-order valence-corrected chi connectivity index (χ4v) is 2.08. The van der Waals surface area contributed by atoms with Gasteiger partial charge >= 0.3 is 0 Å². The number of nitro groups is 1. The monoisotopic (exact) mass is 272 g/mol. The number of hydrogen-bond donors (Lipinski definition) is 1. The van der Waals surface area contributed by atoms with Crippen molar-refractivity contribution >= 4 is 11.4 Å². The van der Waals surface area contributed by atoms with Crippen LogP contribution in [0.3, 0.4) is 0 Å². The maximum absolute atomic E-state index is 10.8. The van der Waals surface area contributed by atoms with Crippen molar-refractivity contribution in [3.05, 3.63) is 58.1 Å². The van der Waals surface area contributed by atoms with Crippen LogP contribution in [0.25, 0.3) is 11.1 Å². The molecular formula is C15H16N2O3. The number of ether oxygens (including phenoxy) is 1. The Morgan fingerprint density at radius 2 is 2.00 bits per heavy atom. The van der Waals surface area contributed by atoms with Gasteiger partial charge in [-0.2, -0.15) is 0 Å². The quantitative estimate of drug-likeness (QED) is 0.515. The molecule has 0 aliphatic heterocycles. The Bertz CT molecular complexity index is 626. The smallest absolute Gasteiger partial charge is 0.270 e. The minimum Gasteiger partial charge on any atom is -0.398 e. The molecule has 0 aliphatic rings. The lowest BCUT2D eigenvalue weighted by Crippen LogP contribution is -2.01. The number of hydrogen-bond acceptors (Lipinski definition) is 4. The summed E-state index contributed by atoms with van der Waals surface area (Å²) >= 11 is 0. The van der Waals surface area contributed by atoms with E-state index in [0.29, 0.717) is 18.7 Å². The molecule has 0 amide bonds. The summed E-state index contributed by atoms with van der Waals surface area (Å²) in [7, 11) is 1.64. The average Bonchev–Trinajstić information content (AvgIpc) is 2.46. The summed E-state index contributed by atoms with van der Waals surface area (Å²) in [6.45, 7) is 0.586. The number of nitrogens with two attached hydrogens (primary N) is 1. The molecule has 2 aromatic rings. The van der Waals surface area contributed by atoms with Gasteiger partial charge in [0, 0.05) is 30.5 Å². The molecule has 2 N–H and O–H groups in total. The van der Waals surface area contributed by atoms with Crippen LogP contribution in [0.1, 0.15) is 5.56 Å². The summed E-state index contributed by atoms with van der Waals surface area (Å²) in [5.74, 6) is 0. The van der Waals surface area contributed by atoms with Crippen LogP contribution < -0.4 is 5.73 Å². The summed E-state index contributed by atoms with van der Waals surface area (Å²) in [5, 5.41) is 10.8. The molecule has 5 nitrogen and oxygen atoms in total. The van der Waals surface area contributed by atoms with E-state index in [-0.39, 0.29) is 5.69 Å². The second-order valence-electron chi connectivity index (χ2n) is 4.43. The molecular weight excluding hydrogens is 256 g/mol. The van der Waals surface area contributed by atoms with E-state index >= 15 is 0 Å². The lowest BCUT2D eigenvalue weighted by Gasteiger charge is -2.11. The van der Waals surface area contributed by atoms with E-state index < -0.39 is 4.92 Å². The third kappa shape index (κ3) is 2.95. The van der Waals surface area contributed by atoms with E-state index in [1.54, 1.807) is 13.2 Å². The number of para-hydroxylation sites is 1. The van der Waals surface area contributed by atoms with Gasteiger partial charge in [-0.3, -0.25) is 10.1 Å². The van der Waals surface area contributed by atoms with Gasteiger partial charge in [-0.15, -0.1) is 0 Å². The Hall–Kier alpha value is -2.40. The first-order chi connectivity index (χ1) is 9.63. The molecule has 2 rings (SSSR count). The van der Waals surface area contributed by atoms with Gasteiger partial charge in [-0.05, 0) is 17.5 Å². The molecule has 0 heterocycles. The molecule has 0 fully saturated rings. The summed E-state index contributed by atoms with van der Waals surface area (Å²) in [4.78, 5) is 10.4. The SMILES string of the molecule is COCCc1cccc(-c2cccc([N+](=O)[O-])c2)c1N. The summed E-state index contributed by atoms with van der Waals surface area (Å²) in [6.07, 6.45) is 0.713. The lowest BCUT2D eigenvalue weighted by molar-refractivity contribution is -0.384. The first-order valence-corrected chi connectivity index (χ1v) is 6.24. The number of benzene rings is 2. The topological polar surface area (TPSA) is 78.4 Å². The zero-order chi connectivity index (χ0) is 14.5. The first-order valence-electron chi connectivity index (χ1n) is 6.24. The van der Waals surface area contributed by atoms with Crippen molar-refractivity contribution in [2.75, 3.05) is 19.5 Å². The minimum absolute atomic E-state index is 0.0594. The molecule has 0 aromatic heterocycles. The minimum atomic E-state index is -0.408. The zero-order valence-corrected chi connectivity index (χ0v) is 11.2. The van der Waals surface area contributed by atoms with E-state index in [1.165, 1.54) is 12.1 Å². The fraction of sp³-hybridized carbons (Fsp3) is 0.200. The van der Waals surface area contributed by atoms with E-state index in [9.17, 15) is 10.1 Å². The van der Waals surface area contributed by atoms with Gasteiger partial charge in [0.25, 0.3) is 5.69 Å². The second kappa shape index (κ2) is 6.16. The molecule has 104 valence electrons. The van der Waals surface area contributed by atoms with Crippen molar-refractivity contribution in [2.45, 2.75) is 6.42 Å². The van der Waals surface area contributed by atoms with E-state index in [1.807, 2.05) is 24.3 Å². The van der Waals surface area contributed by atoms with Gasteiger partial charge in [0.15, 0.2) is 0 Å². The predicted octanol–water partition coefficient (Wildman–Crippen LogP) is 3.03. The van der Waals surface area contributed by atoms with E-state index in [0.717, 1.165) is 16.7 Å². The molecule has 0 atom stereocenters. The molecule has 5 heteroatoms. The number of nitrogen functional groups attached to an aromatic ring is 1. The summed E-state index contributed by atoms with van der Waals surface area (Å²) in [5.41, 5.74) is 9.40. The fourth-order valence-electron chi connectivity index (χ4n) is 2.08. The molecule has 0 radical (unpaired) electrons. The van der Waals surface area contributed by atoms with Crippen molar-refractivity contribution in [2.24, 2.45) is 0 Å². The van der Waals surface area contributed by atoms with Crippen LogP contribution in [0, 0.1) is 10.1 Å². The standard InChI is InChI=1S/C15H16N2O3/c1-20-9-8-11-4-3-7-14(15(11)16)12-5-2-6-13(10-12)17(18)19/h2-7,10H,8-9,16H2,1H3. The second-order valence-corrected chi connectivity index (χ2v) is 4.43. The van der Waals surface area contributed by atoms with Gasteiger partial charge in [0.2, 0.25) is 0 Å². The highest BCUT2D eigenvalue weighted by molar-refractivity contribution is 5.79. The number of rotatable bonds is 5. The van der Waals surface area contributed by atoms with Crippen molar-refractivity contribution in [3.63, 3.8) is 0 Å². The first kappa shape index (κ1) is 14.0. The van der Waals surface area contributed by atoms with Crippen LogP contribution in [0.4, 0.5) is 11.4 Å². The molecule has 0 aliphatic carbocycles. The lowest BCUT2D eigenvalue weighted by atomic mass is 9.98. The highest BCUT2D eigenvalue weighted by atomic mass is 16.6. The molecule has 0 saturated carbocycles. The summed E-state index contributed by atoms with van der Waals surface area (Å²) < 4.78 is 5.05. The molecule has 0 bridgehead atoms. The Labute approximate surface area is 117 Å². The molecule has 20 heavy (non-hydrogen) atoms. The Morgan fingerprint density at radius 3 is 2.70 bits per heavy atom. The third-order valence-electron chi connectivity index (χ3n) is 3.14. The van der Waals surface area contributed by atoms with Gasteiger partial charge in [0.05, 0.1) is 11.5 Å². The normalized spacial score (nSPS) is 10.4. The van der Waals surface area contributed by atoms with Crippen LogP contribution in [-0.2, 0) is 11.2 Å². The van der Waals surface area contributed by atoms with Crippen LogP contribution >= 0.6 is 0 Å². The zero-order valence-electron chi connectivity index (χ0n) is 11.2.